The topological polar surface area (TPSA) is 64.1 Å². The maximum Gasteiger partial charge on any atom is 0.252 e. The van der Waals surface area contributed by atoms with Crippen molar-refractivity contribution in [3.8, 4) is 22.1 Å². The molecule has 0 aliphatic rings. The summed E-state index contributed by atoms with van der Waals surface area (Å²) in [6, 6.07) is 13.8. The van der Waals surface area contributed by atoms with Gasteiger partial charge in [0.2, 0.25) is 0 Å². The van der Waals surface area contributed by atoms with Gasteiger partial charge in [-0.05, 0) is 43.3 Å². The summed E-state index contributed by atoms with van der Waals surface area (Å²) in [5.74, 6) is 1.40. The van der Waals surface area contributed by atoms with E-state index in [2.05, 4.69) is 15.3 Å². The number of pyridine rings is 1. The van der Waals surface area contributed by atoms with Crippen LogP contribution in [0.3, 0.4) is 0 Å². The highest BCUT2D eigenvalue weighted by molar-refractivity contribution is 7.19. The first-order valence-electron chi connectivity index (χ1n) is 9.36. The van der Waals surface area contributed by atoms with Gasteiger partial charge in [0.1, 0.15) is 16.5 Å². The number of benzene rings is 2. The predicted octanol–water partition coefficient (Wildman–Crippen LogP) is 6.03. The second kappa shape index (κ2) is 7.51. The number of aromatic nitrogens is 2. The molecule has 0 fully saturated rings. The number of fused-ring (bicyclic) bond motifs is 2. The van der Waals surface area contributed by atoms with Gasteiger partial charge < -0.3 is 10.1 Å². The van der Waals surface area contributed by atoms with Crippen LogP contribution >= 0.6 is 22.7 Å². The number of amides is 1. The van der Waals surface area contributed by atoms with Crippen LogP contribution in [0.2, 0.25) is 0 Å². The summed E-state index contributed by atoms with van der Waals surface area (Å²) in [5, 5.41) is 7.52. The molecular formula is C23H17N3O2S2. The molecular weight excluding hydrogens is 414 g/mol. The Bertz CT molecular complexity index is 1390. The number of thiazole rings is 1. The molecule has 0 radical (unpaired) electrons. The molecule has 5 nitrogen and oxygen atoms in total. The largest absolute Gasteiger partial charge is 0.457 e. The molecule has 1 N–H and O–H groups in total. The van der Waals surface area contributed by atoms with Crippen LogP contribution in [0.4, 0.5) is 0 Å². The second-order valence-electron chi connectivity index (χ2n) is 6.75. The van der Waals surface area contributed by atoms with Gasteiger partial charge in [-0.3, -0.25) is 9.78 Å². The fraction of sp³-hybridized carbons (Fsp3) is 0.0870. The van der Waals surface area contributed by atoms with Crippen LogP contribution in [-0.4, -0.2) is 22.9 Å². The Labute approximate surface area is 181 Å². The van der Waals surface area contributed by atoms with Crippen molar-refractivity contribution in [2.45, 2.75) is 6.92 Å². The van der Waals surface area contributed by atoms with Crippen molar-refractivity contribution in [1.82, 2.24) is 15.3 Å². The van der Waals surface area contributed by atoms with E-state index < -0.39 is 0 Å². The van der Waals surface area contributed by atoms with Crippen LogP contribution in [0.15, 0.2) is 60.2 Å². The smallest absolute Gasteiger partial charge is 0.252 e. The Morgan fingerprint density at radius 3 is 2.70 bits per heavy atom. The van der Waals surface area contributed by atoms with Gasteiger partial charge in [-0.25, -0.2) is 4.98 Å². The van der Waals surface area contributed by atoms with Crippen LogP contribution in [0.1, 0.15) is 15.2 Å². The number of thiophene rings is 1. The van der Waals surface area contributed by atoms with E-state index in [4.69, 9.17) is 4.74 Å². The molecule has 5 rings (SSSR count). The highest BCUT2D eigenvalue weighted by Gasteiger charge is 2.16. The number of hydrogen-bond donors (Lipinski definition) is 1. The molecule has 0 saturated heterocycles. The molecule has 0 aliphatic carbocycles. The van der Waals surface area contributed by atoms with Gasteiger partial charge in [0, 0.05) is 50.7 Å². The Balaban J connectivity index is 1.52. The molecule has 0 unspecified atom stereocenters. The van der Waals surface area contributed by atoms with E-state index in [1.54, 1.807) is 42.1 Å². The summed E-state index contributed by atoms with van der Waals surface area (Å²) >= 11 is 3.19. The molecule has 0 bridgehead atoms. The summed E-state index contributed by atoms with van der Waals surface area (Å²) in [6.45, 7) is 1.96. The zero-order valence-corrected chi connectivity index (χ0v) is 17.9. The molecule has 0 saturated carbocycles. The first-order chi connectivity index (χ1) is 14.6. The first kappa shape index (κ1) is 18.7. The second-order valence-corrected chi connectivity index (χ2v) is 8.90. The van der Waals surface area contributed by atoms with E-state index in [0.717, 1.165) is 53.5 Å². The summed E-state index contributed by atoms with van der Waals surface area (Å²) < 4.78 is 7.24. The quantitative estimate of drug-likeness (QED) is 0.377. The molecule has 2 aromatic carbocycles. The Morgan fingerprint density at radius 1 is 1.03 bits per heavy atom. The highest BCUT2D eigenvalue weighted by Crippen LogP contribution is 2.36. The predicted molar refractivity (Wildman–Crippen MR) is 123 cm³/mol. The lowest BCUT2D eigenvalue weighted by Crippen LogP contribution is -2.18. The standard InChI is InChI=1S/C23H17N3O2S2/c1-13-21(22(27)24-2)17-6-4-15(12-20(17)30-13)28-19-7-8-25-18-11-14(3-5-16(18)19)23-26-9-10-29-23/h3-12H,1-2H3,(H,24,27). The fourth-order valence-electron chi connectivity index (χ4n) is 3.51. The van der Waals surface area contributed by atoms with Crippen molar-refractivity contribution in [3.05, 3.63) is 70.7 Å². The SMILES string of the molecule is CNC(=O)c1c(C)sc2cc(Oc3ccnc4cc(-c5nccs5)ccc34)ccc12. The lowest BCUT2D eigenvalue weighted by atomic mass is 10.1. The summed E-state index contributed by atoms with van der Waals surface area (Å²) in [4.78, 5) is 22.1. The van der Waals surface area contributed by atoms with E-state index >= 15 is 0 Å². The van der Waals surface area contributed by atoms with Gasteiger partial charge in [0.15, 0.2) is 0 Å². The highest BCUT2D eigenvalue weighted by atomic mass is 32.1. The maximum absolute atomic E-state index is 12.2. The van der Waals surface area contributed by atoms with Gasteiger partial charge >= 0.3 is 0 Å². The van der Waals surface area contributed by atoms with E-state index in [1.807, 2.05) is 54.8 Å². The number of aryl methyl sites for hydroxylation is 1. The van der Waals surface area contributed by atoms with Crippen LogP contribution in [0.25, 0.3) is 31.6 Å². The van der Waals surface area contributed by atoms with E-state index in [-0.39, 0.29) is 5.91 Å². The van der Waals surface area contributed by atoms with Crippen molar-refractivity contribution in [3.63, 3.8) is 0 Å². The third-order valence-electron chi connectivity index (χ3n) is 4.90. The third-order valence-corrected chi connectivity index (χ3v) is 6.79. The average molecular weight is 432 g/mol. The van der Waals surface area contributed by atoms with Gasteiger partial charge in [0.25, 0.3) is 5.91 Å². The normalized spacial score (nSPS) is 11.1. The van der Waals surface area contributed by atoms with E-state index in [0.29, 0.717) is 0 Å². The molecule has 5 aromatic rings. The Kier molecular flexibility index (Phi) is 4.69. The molecule has 0 aliphatic heterocycles. The monoisotopic (exact) mass is 431 g/mol. The van der Waals surface area contributed by atoms with Gasteiger partial charge in [0.05, 0.1) is 11.1 Å². The number of hydrogen-bond acceptors (Lipinski definition) is 6. The number of rotatable bonds is 4. The van der Waals surface area contributed by atoms with Crippen molar-refractivity contribution in [2.24, 2.45) is 0 Å². The van der Waals surface area contributed by atoms with Crippen LogP contribution in [0, 0.1) is 6.92 Å². The molecule has 0 spiro atoms. The van der Waals surface area contributed by atoms with E-state index in [1.165, 1.54) is 0 Å². The molecule has 0 atom stereocenters. The summed E-state index contributed by atoms with van der Waals surface area (Å²) in [6.07, 6.45) is 3.55. The number of nitrogens with zero attached hydrogens (tertiary/aromatic N) is 2. The minimum atomic E-state index is -0.0661. The summed E-state index contributed by atoms with van der Waals surface area (Å²) in [5.41, 5.74) is 2.63. The molecule has 3 heterocycles. The van der Waals surface area contributed by atoms with Crippen molar-refractivity contribution in [2.75, 3.05) is 7.05 Å². The average Bonchev–Trinajstić information content (AvgIpc) is 3.40. The van der Waals surface area contributed by atoms with Crippen LogP contribution in [-0.2, 0) is 0 Å². The third kappa shape index (κ3) is 3.22. The lowest BCUT2D eigenvalue weighted by Gasteiger charge is -2.09. The number of carbonyl (C=O) groups is 1. The molecule has 7 heteroatoms. The zero-order chi connectivity index (χ0) is 20.7. The van der Waals surface area contributed by atoms with Crippen molar-refractivity contribution < 1.29 is 9.53 Å². The minimum Gasteiger partial charge on any atom is -0.457 e. The van der Waals surface area contributed by atoms with Gasteiger partial charge in [-0.1, -0.05) is 6.07 Å². The fourth-order valence-corrected chi connectivity index (χ4v) is 5.23. The van der Waals surface area contributed by atoms with Crippen LogP contribution < -0.4 is 10.1 Å². The maximum atomic E-state index is 12.2. The van der Waals surface area contributed by atoms with Crippen molar-refractivity contribution >= 4 is 49.6 Å². The number of carbonyl (C=O) groups excluding carboxylic acids is 1. The summed E-state index contributed by atoms with van der Waals surface area (Å²) in [7, 11) is 1.65. The molecule has 3 aromatic heterocycles. The first-order valence-corrected chi connectivity index (χ1v) is 11.1. The van der Waals surface area contributed by atoms with Gasteiger partial charge in [-0.2, -0.15) is 0 Å². The number of ether oxygens (including phenoxy) is 1. The molecule has 30 heavy (non-hydrogen) atoms. The lowest BCUT2D eigenvalue weighted by molar-refractivity contribution is 0.0964. The van der Waals surface area contributed by atoms with Crippen molar-refractivity contribution in [1.29, 1.82) is 0 Å². The zero-order valence-electron chi connectivity index (χ0n) is 16.3. The Morgan fingerprint density at radius 2 is 1.90 bits per heavy atom. The van der Waals surface area contributed by atoms with Crippen LogP contribution in [0.5, 0.6) is 11.5 Å². The molecule has 148 valence electrons. The van der Waals surface area contributed by atoms with Gasteiger partial charge in [-0.15, -0.1) is 22.7 Å². The minimum absolute atomic E-state index is 0.0661. The number of nitrogens with one attached hydrogen (secondary N) is 1. The van der Waals surface area contributed by atoms with E-state index in [9.17, 15) is 4.79 Å². The molecule has 1 amide bonds. The Hall–Kier alpha value is -3.29.